The molecule has 1 aliphatic heterocycles. The molecular weight excluding hydrogens is 269 g/mol. The zero-order valence-corrected chi connectivity index (χ0v) is 11.6. The van der Waals surface area contributed by atoms with Crippen molar-refractivity contribution in [2.45, 2.75) is 19.4 Å². The minimum Gasteiger partial charge on any atom is -0.478 e. The van der Waals surface area contributed by atoms with Crippen molar-refractivity contribution < 1.29 is 14.3 Å². The van der Waals surface area contributed by atoms with E-state index in [1.54, 1.807) is 6.07 Å². The Morgan fingerprint density at radius 1 is 1.24 bits per heavy atom. The van der Waals surface area contributed by atoms with Crippen LogP contribution in [0.3, 0.4) is 0 Å². The van der Waals surface area contributed by atoms with Gasteiger partial charge in [-0.1, -0.05) is 24.3 Å². The molecule has 0 aliphatic carbocycles. The van der Waals surface area contributed by atoms with Gasteiger partial charge in [0.1, 0.15) is 5.82 Å². The first-order valence-electron chi connectivity index (χ1n) is 7.00. The lowest BCUT2D eigenvalue weighted by Gasteiger charge is -2.31. The molecule has 4 heteroatoms. The first-order valence-corrected chi connectivity index (χ1v) is 7.00. The average Bonchev–Trinajstić information content (AvgIpc) is 2.47. The van der Waals surface area contributed by atoms with Gasteiger partial charge in [-0.05, 0) is 42.2 Å². The second kappa shape index (κ2) is 5.56. The van der Waals surface area contributed by atoms with Gasteiger partial charge in [0.15, 0.2) is 0 Å². The van der Waals surface area contributed by atoms with Crippen LogP contribution >= 0.6 is 0 Å². The van der Waals surface area contributed by atoms with Gasteiger partial charge in [-0.25, -0.2) is 9.18 Å². The molecule has 3 nitrogen and oxygen atoms in total. The SMILES string of the molecule is O=C(O)c1ccc(CN2CCCc3ccccc32)cc1F. The van der Waals surface area contributed by atoms with Crippen LogP contribution in [-0.2, 0) is 13.0 Å². The lowest BCUT2D eigenvalue weighted by molar-refractivity contribution is 0.0692. The molecule has 0 fully saturated rings. The maximum absolute atomic E-state index is 13.8. The van der Waals surface area contributed by atoms with E-state index in [4.69, 9.17) is 5.11 Å². The highest BCUT2D eigenvalue weighted by Crippen LogP contribution is 2.28. The van der Waals surface area contributed by atoms with Crippen molar-refractivity contribution in [3.05, 3.63) is 65.0 Å². The molecule has 0 atom stereocenters. The minimum absolute atomic E-state index is 0.280. The Labute approximate surface area is 122 Å². The second-order valence-electron chi connectivity index (χ2n) is 5.27. The van der Waals surface area contributed by atoms with Crippen LogP contribution in [0.4, 0.5) is 10.1 Å². The van der Waals surface area contributed by atoms with Gasteiger partial charge in [-0.2, -0.15) is 0 Å². The molecule has 0 radical (unpaired) electrons. The summed E-state index contributed by atoms with van der Waals surface area (Å²) in [6.45, 7) is 1.52. The highest BCUT2D eigenvalue weighted by atomic mass is 19.1. The molecule has 0 amide bonds. The van der Waals surface area contributed by atoms with Crippen LogP contribution in [0.2, 0.25) is 0 Å². The van der Waals surface area contributed by atoms with Crippen molar-refractivity contribution in [1.29, 1.82) is 0 Å². The maximum atomic E-state index is 13.8. The van der Waals surface area contributed by atoms with Crippen LogP contribution in [0.15, 0.2) is 42.5 Å². The minimum atomic E-state index is -1.23. The fraction of sp³-hybridized carbons (Fsp3) is 0.235. The van der Waals surface area contributed by atoms with Gasteiger partial charge in [-0.3, -0.25) is 0 Å². The summed E-state index contributed by atoms with van der Waals surface area (Å²) in [5, 5.41) is 8.86. The van der Waals surface area contributed by atoms with E-state index in [1.165, 1.54) is 23.4 Å². The molecule has 0 aromatic heterocycles. The summed E-state index contributed by atoms with van der Waals surface area (Å²) in [5.74, 6) is -1.91. The van der Waals surface area contributed by atoms with Crippen LogP contribution in [0, 0.1) is 5.82 Å². The zero-order valence-electron chi connectivity index (χ0n) is 11.6. The van der Waals surface area contributed by atoms with Gasteiger partial charge < -0.3 is 10.0 Å². The maximum Gasteiger partial charge on any atom is 0.338 e. The molecule has 0 bridgehead atoms. The van der Waals surface area contributed by atoms with E-state index < -0.39 is 11.8 Å². The molecule has 0 saturated carbocycles. The predicted octanol–water partition coefficient (Wildman–Crippen LogP) is 3.48. The van der Waals surface area contributed by atoms with Crippen LogP contribution in [0.25, 0.3) is 0 Å². The molecule has 3 rings (SSSR count). The van der Waals surface area contributed by atoms with E-state index in [0.717, 1.165) is 24.9 Å². The second-order valence-corrected chi connectivity index (χ2v) is 5.27. The largest absolute Gasteiger partial charge is 0.478 e. The summed E-state index contributed by atoms with van der Waals surface area (Å²) < 4.78 is 13.8. The average molecular weight is 285 g/mol. The predicted molar refractivity (Wildman–Crippen MR) is 79.2 cm³/mol. The highest BCUT2D eigenvalue weighted by molar-refractivity contribution is 5.87. The molecule has 1 heterocycles. The number of carboxylic acids is 1. The molecule has 0 spiro atoms. The lowest BCUT2D eigenvalue weighted by atomic mass is 10.0. The molecule has 1 aliphatic rings. The molecule has 0 saturated heterocycles. The zero-order chi connectivity index (χ0) is 14.8. The number of carbonyl (C=O) groups is 1. The van der Waals surface area contributed by atoms with Crippen LogP contribution in [0.1, 0.15) is 27.9 Å². The van der Waals surface area contributed by atoms with Gasteiger partial charge >= 0.3 is 5.97 Å². The van der Waals surface area contributed by atoms with E-state index in [0.29, 0.717) is 6.54 Å². The van der Waals surface area contributed by atoms with Gasteiger partial charge in [0.05, 0.1) is 5.56 Å². The molecule has 1 N–H and O–H groups in total. The third-order valence-corrected chi connectivity index (χ3v) is 3.84. The van der Waals surface area contributed by atoms with Crippen molar-refractivity contribution in [1.82, 2.24) is 0 Å². The fourth-order valence-electron chi connectivity index (χ4n) is 2.83. The number of benzene rings is 2. The van der Waals surface area contributed by atoms with Crippen molar-refractivity contribution in [3.63, 3.8) is 0 Å². The Morgan fingerprint density at radius 2 is 2.05 bits per heavy atom. The Bertz CT molecular complexity index is 684. The van der Waals surface area contributed by atoms with E-state index >= 15 is 0 Å². The third kappa shape index (κ3) is 2.75. The van der Waals surface area contributed by atoms with E-state index in [-0.39, 0.29) is 5.56 Å². The fourth-order valence-corrected chi connectivity index (χ4v) is 2.83. The topological polar surface area (TPSA) is 40.5 Å². The number of para-hydroxylation sites is 1. The number of carboxylic acid groups (broad SMARTS) is 1. The van der Waals surface area contributed by atoms with E-state index in [9.17, 15) is 9.18 Å². The number of hydrogen-bond donors (Lipinski definition) is 1. The van der Waals surface area contributed by atoms with E-state index in [2.05, 4.69) is 17.0 Å². The number of hydrogen-bond acceptors (Lipinski definition) is 2. The molecular formula is C17H16FNO2. The van der Waals surface area contributed by atoms with Crippen LogP contribution in [-0.4, -0.2) is 17.6 Å². The molecule has 2 aromatic carbocycles. The number of aryl methyl sites for hydroxylation is 1. The normalized spacial score (nSPS) is 13.9. The van der Waals surface area contributed by atoms with Crippen LogP contribution in [0.5, 0.6) is 0 Å². The number of anilines is 1. The van der Waals surface area contributed by atoms with Gasteiger partial charge in [-0.15, -0.1) is 0 Å². The number of fused-ring (bicyclic) bond motifs is 1. The Kier molecular flexibility index (Phi) is 3.60. The van der Waals surface area contributed by atoms with Crippen molar-refractivity contribution >= 4 is 11.7 Å². The molecule has 2 aromatic rings. The first kappa shape index (κ1) is 13.6. The summed E-state index contributed by atoms with van der Waals surface area (Å²) in [5.41, 5.74) is 3.00. The van der Waals surface area contributed by atoms with Crippen molar-refractivity contribution in [2.24, 2.45) is 0 Å². The van der Waals surface area contributed by atoms with Gasteiger partial charge in [0.2, 0.25) is 0 Å². The van der Waals surface area contributed by atoms with Crippen LogP contribution < -0.4 is 4.90 Å². The third-order valence-electron chi connectivity index (χ3n) is 3.84. The molecule has 21 heavy (non-hydrogen) atoms. The van der Waals surface area contributed by atoms with Crippen molar-refractivity contribution in [3.8, 4) is 0 Å². The Hall–Kier alpha value is -2.36. The summed E-state index contributed by atoms with van der Waals surface area (Å²) in [6, 6.07) is 12.6. The molecule has 0 unspecified atom stereocenters. The number of nitrogens with zero attached hydrogens (tertiary/aromatic N) is 1. The first-order chi connectivity index (χ1) is 10.1. The quantitative estimate of drug-likeness (QED) is 0.938. The summed E-state index contributed by atoms with van der Waals surface area (Å²) in [6.07, 6.45) is 2.14. The monoisotopic (exact) mass is 285 g/mol. The summed E-state index contributed by atoms with van der Waals surface area (Å²) in [4.78, 5) is 13.1. The Balaban J connectivity index is 1.85. The lowest BCUT2D eigenvalue weighted by Crippen LogP contribution is -2.28. The van der Waals surface area contributed by atoms with Crippen molar-refractivity contribution in [2.75, 3.05) is 11.4 Å². The number of halogens is 1. The highest BCUT2D eigenvalue weighted by Gasteiger charge is 2.17. The summed E-state index contributed by atoms with van der Waals surface area (Å²) >= 11 is 0. The number of rotatable bonds is 3. The number of aromatic carboxylic acids is 1. The Morgan fingerprint density at radius 3 is 2.81 bits per heavy atom. The molecule has 108 valence electrons. The van der Waals surface area contributed by atoms with Gasteiger partial charge in [0, 0.05) is 18.8 Å². The standard InChI is InChI=1S/C17H16FNO2/c18-15-10-12(7-8-14(15)17(20)21)11-19-9-3-5-13-4-1-2-6-16(13)19/h1-2,4,6-8,10H,3,5,9,11H2,(H,20,21). The van der Waals surface area contributed by atoms with E-state index in [1.807, 2.05) is 12.1 Å². The van der Waals surface area contributed by atoms with Gasteiger partial charge in [0.25, 0.3) is 0 Å². The smallest absolute Gasteiger partial charge is 0.338 e. The summed E-state index contributed by atoms with van der Waals surface area (Å²) in [7, 11) is 0.